The van der Waals surface area contributed by atoms with Crippen LogP contribution < -0.4 is 9.64 Å². The number of anilines is 1. The standard InChI is InChI=1S/C27H21NO6/c1-34-22-13-6-5-12-20(22)24-23(21(29)15-14-17-8-3-2-4-9-17)25(30)26(31)28(24)19-11-7-10-18(16-19)27(32)33/h2-16,24,30H,1H3,(H,32,33)/b15-14+. The van der Waals surface area contributed by atoms with Crippen molar-refractivity contribution in [3.63, 3.8) is 0 Å². The largest absolute Gasteiger partial charge is 0.503 e. The van der Waals surface area contributed by atoms with Crippen LogP contribution in [-0.4, -0.2) is 35.0 Å². The maximum Gasteiger partial charge on any atom is 0.335 e. The molecule has 170 valence electrons. The molecule has 1 amide bonds. The molecule has 7 nitrogen and oxygen atoms in total. The van der Waals surface area contributed by atoms with Gasteiger partial charge in [-0.2, -0.15) is 0 Å². The van der Waals surface area contributed by atoms with E-state index in [-0.39, 0.29) is 16.8 Å². The van der Waals surface area contributed by atoms with Crippen molar-refractivity contribution in [3.05, 3.63) is 113 Å². The predicted octanol–water partition coefficient (Wildman–Crippen LogP) is 4.58. The Morgan fingerprint density at radius 2 is 1.68 bits per heavy atom. The van der Waals surface area contributed by atoms with Crippen LogP contribution in [0.15, 0.2) is 96.3 Å². The number of carboxylic acid groups (broad SMARTS) is 1. The van der Waals surface area contributed by atoms with Crippen molar-refractivity contribution in [3.8, 4) is 5.75 Å². The van der Waals surface area contributed by atoms with Crippen LogP contribution in [0.5, 0.6) is 5.75 Å². The Hall–Kier alpha value is -4.65. The van der Waals surface area contributed by atoms with Gasteiger partial charge in [0.05, 0.1) is 24.3 Å². The first-order chi connectivity index (χ1) is 16.4. The lowest BCUT2D eigenvalue weighted by molar-refractivity contribution is -0.117. The SMILES string of the molecule is COc1ccccc1C1C(C(=O)/C=C/c2ccccc2)=C(O)C(=O)N1c1cccc(C(=O)O)c1. The summed E-state index contributed by atoms with van der Waals surface area (Å²) in [5.74, 6) is -2.81. The number of ether oxygens (including phenoxy) is 1. The Morgan fingerprint density at radius 3 is 2.38 bits per heavy atom. The summed E-state index contributed by atoms with van der Waals surface area (Å²) in [6.45, 7) is 0. The number of carboxylic acids is 1. The van der Waals surface area contributed by atoms with E-state index in [2.05, 4.69) is 0 Å². The topological polar surface area (TPSA) is 104 Å². The Kier molecular flexibility index (Phi) is 6.27. The van der Waals surface area contributed by atoms with Crippen LogP contribution in [0.1, 0.15) is 27.5 Å². The summed E-state index contributed by atoms with van der Waals surface area (Å²) < 4.78 is 5.47. The molecule has 3 aromatic rings. The number of amides is 1. The molecule has 0 spiro atoms. The van der Waals surface area contributed by atoms with Crippen molar-refractivity contribution in [2.75, 3.05) is 12.0 Å². The maximum absolute atomic E-state index is 13.3. The van der Waals surface area contributed by atoms with E-state index in [1.54, 1.807) is 36.4 Å². The normalized spacial score (nSPS) is 15.7. The number of carbonyl (C=O) groups excluding carboxylic acids is 2. The van der Waals surface area contributed by atoms with Crippen LogP contribution >= 0.6 is 0 Å². The van der Waals surface area contributed by atoms with Crippen molar-refractivity contribution < 1.29 is 29.3 Å². The van der Waals surface area contributed by atoms with E-state index in [0.717, 1.165) is 5.56 Å². The smallest absolute Gasteiger partial charge is 0.335 e. The van der Waals surface area contributed by atoms with Gasteiger partial charge in [-0.15, -0.1) is 0 Å². The Balaban J connectivity index is 1.85. The number of hydrogen-bond donors (Lipinski definition) is 2. The van der Waals surface area contributed by atoms with Gasteiger partial charge in [-0.1, -0.05) is 60.7 Å². The fourth-order valence-corrected chi connectivity index (χ4v) is 3.92. The molecule has 0 fully saturated rings. The van der Waals surface area contributed by atoms with E-state index in [0.29, 0.717) is 11.3 Å². The molecule has 3 aromatic carbocycles. The average molecular weight is 455 g/mol. The van der Waals surface area contributed by atoms with E-state index in [9.17, 15) is 24.6 Å². The van der Waals surface area contributed by atoms with Crippen LogP contribution in [0.25, 0.3) is 6.08 Å². The minimum absolute atomic E-state index is 0.0349. The zero-order valence-corrected chi connectivity index (χ0v) is 18.2. The molecule has 7 heteroatoms. The second-order valence-corrected chi connectivity index (χ2v) is 7.55. The molecule has 4 rings (SSSR count). The number of ketones is 1. The lowest BCUT2D eigenvalue weighted by Gasteiger charge is -2.28. The number of nitrogens with zero attached hydrogens (tertiary/aromatic N) is 1. The number of hydrogen-bond acceptors (Lipinski definition) is 5. The molecule has 0 aromatic heterocycles. The number of carbonyl (C=O) groups is 3. The van der Waals surface area contributed by atoms with Crippen molar-refractivity contribution in [1.82, 2.24) is 0 Å². The first kappa shape index (κ1) is 22.5. The van der Waals surface area contributed by atoms with Gasteiger partial charge >= 0.3 is 5.97 Å². The van der Waals surface area contributed by atoms with Gasteiger partial charge in [0, 0.05) is 11.3 Å². The van der Waals surface area contributed by atoms with Crippen LogP contribution in [0, 0.1) is 0 Å². The lowest BCUT2D eigenvalue weighted by atomic mass is 9.94. The third-order valence-corrected chi connectivity index (χ3v) is 5.51. The molecule has 0 saturated carbocycles. The average Bonchev–Trinajstić information content (AvgIpc) is 3.13. The van der Waals surface area contributed by atoms with Crippen LogP contribution in [0.4, 0.5) is 5.69 Å². The van der Waals surface area contributed by atoms with Gasteiger partial charge in [0.25, 0.3) is 5.91 Å². The second kappa shape index (κ2) is 9.46. The van der Waals surface area contributed by atoms with Crippen molar-refractivity contribution >= 4 is 29.4 Å². The van der Waals surface area contributed by atoms with E-state index in [1.807, 2.05) is 30.3 Å². The molecule has 34 heavy (non-hydrogen) atoms. The van der Waals surface area contributed by atoms with Gasteiger partial charge in [-0.05, 0) is 35.9 Å². The molecule has 0 saturated heterocycles. The highest BCUT2D eigenvalue weighted by atomic mass is 16.5. The minimum Gasteiger partial charge on any atom is -0.503 e. The number of aliphatic hydroxyl groups is 1. The fourth-order valence-electron chi connectivity index (χ4n) is 3.92. The molecule has 1 aliphatic heterocycles. The van der Waals surface area contributed by atoms with Gasteiger partial charge in [0.2, 0.25) is 0 Å². The van der Waals surface area contributed by atoms with Crippen molar-refractivity contribution in [1.29, 1.82) is 0 Å². The highest BCUT2D eigenvalue weighted by Crippen LogP contribution is 2.44. The van der Waals surface area contributed by atoms with Crippen molar-refractivity contribution in [2.24, 2.45) is 0 Å². The lowest BCUT2D eigenvalue weighted by Crippen LogP contribution is -2.31. The molecule has 1 unspecified atom stereocenters. The van der Waals surface area contributed by atoms with Crippen LogP contribution in [-0.2, 0) is 9.59 Å². The number of aliphatic hydroxyl groups excluding tert-OH is 1. The van der Waals surface area contributed by atoms with E-state index in [1.165, 1.54) is 36.3 Å². The summed E-state index contributed by atoms with van der Waals surface area (Å²) in [4.78, 5) is 39.2. The summed E-state index contributed by atoms with van der Waals surface area (Å²) in [5, 5.41) is 20.2. The highest BCUT2D eigenvalue weighted by Gasteiger charge is 2.45. The van der Waals surface area contributed by atoms with Gasteiger partial charge < -0.3 is 14.9 Å². The molecule has 1 atom stereocenters. The number of aromatic carboxylic acids is 1. The molecular formula is C27H21NO6. The number of methoxy groups -OCH3 is 1. The quantitative estimate of drug-likeness (QED) is 0.506. The van der Waals surface area contributed by atoms with E-state index in [4.69, 9.17) is 4.74 Å². The first-order valence-electron chi connectivity index (χ1n) is 10.4. The zero-order chi connectivity index (χ0) is 24.2. The van der Waals surface area contributed by atoms with E-state index >= 15 is 0 Å². The molecule has 1 heterocycles. The number of allylic oxidation sites excluding steroid dienone is 1. The monoisotopic (exact) mass is 455 g/mol. The van der Waals surface area contributed by atoms with Crippen LogP contribution in [0.3, 0.4) is 0 Å². The molecule has 0 radical (unpaired) electrons. The summed E-state index contributed by atoms with van der Waals surface area (Å²) in [6.07, 6.45) is 2.90. The highest BCUT2D eigenvalue weighted by molar-refractivity contribution is 6.20. The number of benzene rings is 3. The summed E-state index contributed by atoms with van der Waals surface area (Å²) in [7, 11) is 1.46. The number of para-hydroxylation sites is 1. The molecular weight excluding hydrogens is 434 g/mol. The van der Waals surface area contributed by atoms with Gasteiger partial charge in [0.1, 0.15) is 5.75 Å². The third-order valence-electron chi connectivity index (χ3n) is 5.51. The number of rotatable bonds is 7. The minimum atomic E-state index is -1.17. The predicted molar refractivity (Wildman–Crippen MR) is 127 cm³/mol. The maximum atomic E-state index is 13.3. The second-order valence-electron chi connectivity index (χ2n) is 7.55. The van der Waals surface area contributed by atoms with Gasteiger partial charge in [-0.3, -0.25) is 14.5 Å². The van der Waals surface area contributed by atoms with E-state index < -0.39 is 29.5 Å². The first-order valence-corrected chi connectivity index (χ1v) is 10.4. The fraction of sp³-hybridized carbons (Fsp3) is 0.0741. The molecule has 2 N–H and O–H groups in total. The Morgan fingerprint density at radius 1 is 0.971 bits per heavy atom. The summed E-state index contributed by atoms with van der Waals surface area (Å²) in [5.41, 5.74) is 1.32. The zero-order valence-electron chi connectivity index (χ0n) is 18.2. The van der Waals surface area contributed by atoms with Crippen LogP contribution in [0.2, 0.25) is 0 Å². The van der Waals surface area contributed by atoms with Gasteiger partial charge in [0.15, 0.2) is 11.5 Å². The molecule has 0 bridgehead atoms. The van der Waals surface area contributed by atoms with Gasteiger partial charge in [-0.25, -0.2) is 4.79 Å². The summed E-state index contributed by atoms with van der Waals surface area (Å²) in [6, 6.07) is 20.7. The summed E-state index contributed by atoms with van der Waals surface area (Å²) >= 11 is 0. The Labute approximate surface area is 195 Å². The molecule has 1 aliphatic rings. The Bertz CT molecular complexity index is 1330. The van der Waals surface area contributed by atoms with Crippen molar-refractivity contribution in [2.45, 2.75) is 6.04 Å². The third kappa shape index (κ3) is 4.19. The molecule has 0 aliphatic carbocycles.